The van der Waals surface area contributed by atoms with Crippen molar-refractivity contribution in [3.05, 3.63) is 16.3 Å². The van der Waals surface area contributed by atoms with Crippen molar-refractivity contribution < 1.29 is 8.42 Å². The minimum absolute atomic E-state index is 0.384. The van der Waals surface area contributed by atoms with E-state index in [0.29, 0.717) is 17.5 Å². The third-order valence-electron chi connectivity index (χ3n) is 3.41. The third-order valence-corrected chi connectivity index (χ3v) is 5.93. The van der Waals surface area contributed by atoms with Crippen molar-refractivity contribution in [1.82, 2.24) is 14.9 Å². The van der Waals surface area contributed by atoms with Crippen molar-refractivity contribution in [2.75, 3.05) is 26.7 Å². The Morgan fingerprint density at radius 1 is 1.45 bits per heavy atom. The zero-order valence-corrected chi connectivity index (χ0v) is 13.7. The largest absolute Gasteiger partial charge is 0.309 e. The molecule has 0 bridgehead atoms. The average Bonchev–Trinajstić information content (AvgIpc) is 3.12. The minimum atomic E-state index is -3.36. The van der Waals surface area contributed by atoms with E-state index in [4.69, 9.17) is 0 Å². The van der Waals surface area contributed by atoms with Crippen LogP contribution in [0.4, 0.5) is 0 Å². The molecule has 1 aliphatic carbocycles. The van der Waals surface area contributed by atoms with Gasteiger partial charge in [0.05, 0.1) is 4.90 Å². The highest BCUT2D eigenvalue weighted by atomic mass is 32.2. The van der Waals surface area contributed by atoms with Crippen molar-refractivity contribution in [1.29, 1.82) is 0 Å². The summed E-state index contributed by atoms with van der Waals surface area (Å²) < 4.78 is 26.9. The molecule has 2 rings (SSSR count). The number of nitrogens with zero attached hydrogens (tertiary/aromatic N) is 1. The van der Waals surface area contributed by atoms with Gasteiger partial charge in [-0.2, -0.15) is 0 Å². The van der Waals surface area contributed by atoms with Crippen molar-refractivity contribution in [2.24, 2.45) is 0 Å². The van der Waals surface area contributed by atoms with Gasteiger partial charge in [0.1, 0.15) is 0 Å². The maximum Gasteiger partial charge on any atom is 0.241 e. The molecule has 5 nitrogen and oxygen atoms in total. The molecule has 1 saturated carbocycles. The van der Waals surface area contributed by atoms with Gasteiger partial charge in [-0.3, -0.25) is 0 Å². The Hall–Kier alpha value is -0.470. The van der Waals surface area contributed by atoms with E-state index < -0.39 is 10.0 Å². The molecule has 0 aliphatic heterocycles. The van der Waals surface area contributed by atoms with Crippen LogP contribution in [-0.2, 0) is 16.6 Å². The topological polar surface area (TPSA) is 61.4 Å². The van der Waals surface area contributed by atoms with Gasteiger partial charge in [-0.15, -0.1) is 11.3 Å². The van der Waals surface area contributed by atoms with Crippen molar-refractivity contribution in [3.63, 3.8) is 0 Å². The fourth-order valence-corrected chi connectivity index (χ4v) is 3.99. The van der Waals surface area contributed by atoms with Gasteiger partial charge in [-0.05, 0) is 32.5 Å². The van der Waals surface area contributed by atoms with E-state index >= 15 is 0 Å². The zero-order chi connectivity index (χ0) is 14.6. The monoisotopic (exact) mass is 317 g/mol. The maximum absolute atomic E-state index is 12.1. The summed E-state index contributed by atoms with van der Waals surface area (Å²) in [7, 11) is -1.39. The van der Waals surface area contributed by atoms with Crippen LogP contribution in [0.2, 0.25) is 0 Å². The summed E-state index contributed by atoms with van der Waals surface area (Å²) in [6, 6.07) is 2.41. The molecule has 20 heavy (non-hydrogen) atoms. The fraction of sp³-hybridized carbons (Fsp3) is 0.692. The Bertz CT molecular complexity index is 523. The second kappa shape index (κ2) is 7.00. The first-order valence-corrected chi connectivity index (χ1v) is 9.36. The molecule has 1 aliphatic rings. The third kappa shape index (κ3) is 4.82. The molecule has 0 atom stereocenters. The van der Waals surface area contributed by atoms with Gasteiger partial charge in [0.2, 0.25) is 10.0 Å². The Kier molecular flexibility index (Phi) is 5.57. The predicted octanol–water partition coefficient (Wildman–Crippen LogP) is 1.23. The van der Waals surface area contributed by atoms with E-state index in [1.807, 2.05) is 14.0 Å². The highest BCUT2D eigenvalue weighted by Crippen LogP contribution is 2.22. The summed E-state index contributed by atoms with van der Waals surface area (Å²) in [6.07, 6.45) is 2.48. The summed E-state index contributed by atoms with van der Waals surface area (Å²) in [5.74, 6) is 0. The summed E-state index contributed by atoms with van der Waals surface area (Å²) in [5, 5.41) is 5.11. The van der Waals surface area contributed by atoms with Crippen LogP contribution >= 0.6 is 11.3 Å². The molecule has 1 aromatic rings. The number of nitrogens with one attached hydrogen (secondary N) is 2. The van der Waals surface area contributed by atoms with E-state index in [1.54, 1.807) is 11.4 Å². The van der Waals surface area contributed by atoms with E-state index in [-0.39, 0.29) is 0 Å². The second-order valence-electron chi connectivity index (χ2n) is 5.20. The standard InChI is InChI=1S/C13H23N3O2S2/c1-3-16(2)7-6-15-20(17,18)13-8-12(19-10-13)9-14-11-4-5-11/h8,10-11,14-15H,3-7,9H2,1-2H3. The lowest BCUT2D eigenvalue weighted by Crippen LogP contribution is -2.32. The smallest absolute Gasteiger partial charge is 0.241 e. The summed E-state index contributed by atoms with van der Waals surface area (Å²) in [5.41, 5.74) is 0. The zero-order valence-electron chi connectivity index (χ0n) is 12.1. The summed E-state index contributed by atoms with van der Waals surface area (Å²) >= 11 is 1.50. The van der Waals surface area contributed by atoms with E-state index in [1.165, 1.54) is 24.2 Å². The van der Waals surface area contributed by atoms with Crippen LogP contribution in [0.25, 0.3) is 0 Å². The molecule has 114 valence electrons. The molecule has 1 aromatic heterocycles. The number of hydrogen-bond donors (Lipinski definition) is 2. The molecule has 0 radical (unpaired) electrons. The predicted molar refractivity (Wildman–Crippen MR) is 82.5 cm³/mol. The molecule has 0 amide bonds. The number of rotatable bonds is 9. The molecule has 0 spiro atoms. The van der Waals surface area contributed by atoms with Crippen molar-refractivity contribution in [3.8, 4) is 0 Å². The normalized spacial score (nSPS) is 15.9. The average molecular weight is 317 g/mol. The maximum atomic E-state index is 12.1. The first-order valence-electron chi connectivity index (χ1n) is 7.00. The quantitative estimate of drug-likeness (QED) is 0.719. The minimum Gasteiger partial charge on any atom is -0.309 e. The number of hydrogen-bond acceptors (Lipinski definition) is 5. The molecule has 7 heteroatoms. The lowest BCUT2D eigenvalue weighted by atomic mass is 10.4. The molecular weight excluding hydrogens is 294 g/mol. The van der Waals surface area contributed by atoms with Crippen LogP contribution in [0, 0.1) is 0 Å². The molecule has 0 aromatic carbocycles. The molecule has 1 heterocycles. The van der Waals surface area contributed by atoms with Crippen molar-refractivity contribution in [2.45, 2.75) is 37.2 Å². The highest BCUT2D eigenvalue weighted by molar-refractivity contribution is 7.89. The molecule has 2 N–H and O–H groups in total. The second-order valence-corrected chi connectivity index (χ2v) is 7.96. The first kappa shape index (κ1) is 15.9. The Balaban J connectivity index is 1.84. The van der Waals surface area contributed by atoms with E-state index in [2.05, 4.69) is 14.9 Å². The van der Waals surface area contributed by atoms with Crippen LogP contribution in [0.1, 0.15) is 24.6 Å². The van der Waals surface area contributed by atoms with E-state index in [0.717, 1.165) is 24.5 Å². The Morgan fingerprint density at radius 2 is 2.20 bits per heavy atom. The molecular formula is C13H23N3O2S2. The van der Waals surface area contributed by atoms with Gasteiger partial charge >= 0.3 is 0 Å². The van der Waals surface area contributed by atoms with Gasteiger partial charge in [0, 0.05) is 35.9 Å². The number of likely N-dealkylation sites (N-methyl/N-ethyl adjacent to an activating group) is 1. The summed E-state index contributed by atoms with van der Waals surface area (Å²) in [4.78, 5) is 3.53. The lowest BCUT2D eigenvalue weighted by Gasteiger charge is -2.13. The van der Waals surface area contributed by atoms with Crippen LogP contribution < -0.4 is 10.0 Å². The first-order chi connectivity index (χ1) is 9.51. The Morgan fingerprint density at radius 3 is 2.85 bits per heavy atom. The van der Waals surface area contributed by atoms with Gasteiger partial charge in [-0.25, -0.2) is 13.1 Å². The van der Waals surface area contributed by atoms with Gasteiger partial charge in [-0.1, -0.05) is 6.92 Å². The van der Waals surface area contributed by atoms with Crippen LogP contribution in [-0.4, -0.2) is 46.0 Å². The van der Waals surface area contributed by atoms with Crippen LogP contribution in [0.3, 0.4) is 0 Å². The number of thiophene rings is 1. The van der Waals surface area contributed by atoms with Gasteiger partial charge in [0.15, 0.2) is 0 Å². The molecule has 0 saturated heterocycles. The van der Waals surface area contributed by atoms with Gasteiger partial charge < -0.3 is 10.2 Å². The fourth-order valence-electron chi connectivity index (χ4n) is 1.74. The lowest BCUT2D eigenvalue weighted by molar-refractivity contribution is 0.358. The SMILES string of the molecule is CCN(C)CCNS(=O)(=O)c1csc(CNC2CC2)c1. The Labute approximate surface area is 125 Å². The van der Waals surface area contributed by atoms with Crippen LogP contribution in [0.15, 0.2) is 16.3 Å². The van der Waals surface area contributed by atoms with Crippen molar-refractivity contribution >= 4 is 21.4 Å². The molecule has 1 fully saturated rings. The summed E-state index contributed by atoms with van der Waals surface area (Å²) in [6.45, 7) is 4.89. The number of sulfonamides is 1. The van der Waals surface area contributed by atoms with E-state index in [9.17, 15) is 8.42 Å². The molecule has 0 unspecified atom stereocenters. The highest BCUT2D eigenvalue weighted by Gasteiger charge is 2.21. The van der Waals surface area contributed by atoms with Gasteiger partial charge in [0.25, 0.3) is 0 Å². The van der Waals surface area contributed by atoms with Crippen LogP contribution in [0.5, 0.6) is 0 Å².